The summed E-state index contributed by atoms with van der Waals surface area (Å²) >= 11 is 6.42. The molecule has 3 aromatic carbocycles. The van der Waals surface area contributed by atoms with Gasteiger partial charge in [0.15, 0.2) is 0 Å². The average molecular weight is 322 g/mol. The summed E-state index contributed by atoms with van der Waals surface area (Å²) in [6.07, 6.45) is 1.52. The van der Waals surface area contributed by atoms with Gasteiger partial charge in [-0.3, -0.25) is 4.79 Å². The second-order valence-electron chi connectivity index (χ2n) is 5.81. The highest BCUT2D eigenvalue weighted by molar-refractivity contribution is 6.33. The predicted molar refractivity (Wildman–Crippen MR) is 96.0 cm³/mol. The standard InChI is InChI=1S/C20H16ClNO/c21-18-9-4-3-8-16(18)17-12-11-14-6-1-2-7-15(14)20(17)22-13-5-10-19(22)23/h1-4,6-9,11-12H,5,10,13H2. The van der Waals surface area contributed by atoms with E-state index in [1.807, 2.05) is 41.3 Å². The molecule has 0 unspecified atom stereocenters. The Kier molecular flexibility index (Phi) is 3.55. The molecule has 0 aromatic heterocycles. The number of amides is 1. The number of carbonyl (C=O) groups excluding carboxylic acids is 1. The monoisotopic (exact) mass is 321 g/mol. The lowest BCUT2D eigenvalue weighted by Gasteiger charge is -2.23. The second kappa shape index (κ2) is 5.71. The third kappa shape index (κ3) is 2.40. The first-order valence-corrected chi connectivity index (χ1v) is 8.20. The number of rotatable bonds is 2. The van der Waals surface area contributed by atoms with Gasteiger partial charge in [-0.1, -0.05) is 66.2 Å². The molecule has 0 N–H and O–H groups in total. The van der Waals surface area contributed by atoms with Crippen LogP contribution in [0.15, 0.2) is 60.7 Å². The van der Waals surface area contributed by atoms with Crippen LogP contribution in [0.3, 0.4) is 0 Å². The van der Waals surface area contributed by atoms with Crippen molar-refractivity contribution in [3.63, 3.8) is 0 Å². The van der Waals surface area contributed by atoms with Crippen molar-refractivity contribution in [3.05, 3.63) is 65.7 Å². The van der Waals surface area contributed by atoms with Crippen LogP contribution in [0, 0.1) is 0 Å². The average Bonchev–Trinajstić information content (AvgIpc) is 3.00. The Hall–Kier alpha value is -2.32. The van der Waals surface area contributed by atoms with Crippen LogP contribution in [0.5, 0.6) is 0 Å². The third-order valence-corrected chi connectivity index (χ3v) is 4.74. The third-order valence-electron chi connectivity index (χ3n) is 4.41. The maximum absolute atomic E-state index is 12.4. The Balaban J connectivity index is 2.04. The van der Waals surface area contributed by atoms with Crippen LogP contribution in [0.25, 0.3) is 21.9 Å². The molecule has 0 saturated carbocycles. The Morgan fingerprint density at radius 3 is 2.43 bits per heavy atom. The molecular formula is C20H16ClNO. The number of fused-ring (bicyclic) bond motifs is 1. The number of halogens is 1. The molecule has 3 heteroatoms. The maximum atomic E-state index is 12.4. The van der Waals surface area contributed by atoms with Crippen LogP contribution in [-0.4, -0.2) is 12.5 Å². The number of hydrogen-bond acceptors (Lipinski definition) is 1. The lowest BCUT2D eigenvalue weighted by molar-refractivity contribution is -0.117. The van der Waals surface area contributed by atoms with E-state index < -0.39 is 0 Å². The number of anilines is 1. The first-order chi connectivity index (χ1) is 11.3. The van der Waals surface area contributed by atoms with E-state index in [0.29, 0.717) is 11.4 Å². The summed E-state index contributed by atoms with van der Waals surface area (Å²) in [4.78, 5) is 14.3. The molecule has 0 spiro atoms. The fourth-order valence-corrected chi connectivity index (χ4v) is 3.56. The van der Waals surface area contributed by atoms with Crippen molar-refractivity contribution in [3.8, 4) is 11.1 Å². The summed E-state index contributed by atoms with van der Waals surface area (Å²) < 4.78 is 0. The smallest absolute Gasteiger partial charge is 0.227 e. The quantitative estimate of drug-likeness (QED) is 0.628. The van der Waals surface area contributed by atoms with Crippen molar-refractivity contribution in [2.24, 2.45) is 0 Å². The lowest BCUT2D eigenvalue weighted by atomic mass is 9.97. The minimum absolute atomic E-state index is 0.189. The normalized spacial score (nSPS) is 14.7. The molecule has 1 amide bonds. The Morgan fingerprint density at radius 1 is 0.870 bits per heavy atom. The highest BCUT2D eigenvalue weighted by Crippen LogP contribution is 2.41. The number of hydrogen-bond donors (Lipinski definition) is 0. The van der Waals surface area contributed by atoms with E-state index in [1.165, 1.54) is 0 Å². The van der Waals surface area contributed by atoms with E-state index in [1.54, 1.807) is 0 Å². The lowest BCUT2D eigenvalue weighted by Crippen LogP contribution is -2.24. The molecular weight excluding hydrogens is 306 g/mol. The summed E-state index contributed by atoms with van der Waals surface area (Å²) in [5.41, 5.74) is 2.97. The van der Waals surface area contributed by atoms with E-state index in [-0.39, 0.29) is 5.91 Å². The van der Waals surface area contributed by atoms with E-state index >= 15 is 0 Å². The maximum Gasteiger partial charge on any atom is 0.227 e. The van der Waals surface area contributed by atoms with Gasteiger partial charge in [0.05, 0.1) is 5.69 Å². The Labute approximate surface area is 140 Å². The zero-order valence-electron chi connectivity index (χ0n) is 12.6. The van der Waals surface area contributed by atoms with Crippen LogP contribution in [-0.2, 0) is 4.79 Å². The Morgan fingerprint density at radius 2 is 1.65 bits per heavy atom. The van der Waals surface area contributed by atoms with E-state index in [0.717, 1.165) is 40.6 Å². The summed E-state index contributed by atoms with van der Waals surface area (Å²) in [6.45, 7) is 0.768. The van der Waals surface area contributed by atoms with Gasteiger partial charge in [-0.15, -0.1) is 0 Å². The van der Waals surface area contributed by atoms with Gasteiger partial charge in [0, 0.05) is 34.5 Å². The van der Waals surface area contributed by atoms with Crippen molar-refractivity contribution in [1.82, 2.24) is 0 Å². The van der Waals surface area contributed by atoms with Gasteiger partial charge in [-0.25, -0.2) is 0 Å². The highest BCUT2D eigenvalue weighted by Gasteiger charge is 2.26. The first kappa shape index (κ1) is 14.3. The molecule has 1 saturated heterocycles. The molecule has 3 aromatic rings. The fraction of sp³-hybridized carbons (Fsp3) is 0.150. The van der Waals surface area contributed by atoms with Gasteiger partial charge >= 0.3 is 0 Å². The van der Waals surface area contributed by atoms with Gasteiger partial charge < -0.3 is 4.90 Å². The van der Waals surface area contributed by atoms with Crippen molar-refractivity contribution in [1.29, 1.82) is 0 Å². The molecule has 4 rings (SSSR count). The summed E-state index contributed by atoms with van der Waals surface area (Å²) in [5, 5.41) is 2.94. The van der Waals surface area contributed by atoms with Crippen LogP contribution >= 0.6 is 11.6 Å². The van der Waals surface area contributed by atoms with Crippen molar-refractivity contribution < 1.29 is 4.79 Å². The van der Waals surface area contributed by atoms with Crippen molar-refractivity contribution in [2.75, 3.05) is 11.4 Å². The molecule has 0 radical (unpaired) electrons. The van der Waals surface area contributed by atoms with Crippen molar-refractivity contribution >= 4 is 34.0 Å². The topological polar surface area (TPSA) is 20.3 Å². The van der Waals surface area contributed by atoms with Crippen LogP contribution in [0.2, 0.25) is 5.02 Å². The van der Waals surface area contributed by atoms with Gasteiger partial charge in [-0.2, -0.15) is 0 Å². The molecule has 0 bridgehead atoms. The Bertz CT molecular complexity index is 903. The molecule has 1 aliphatic heterocycles. The van der Waals surface area contributed by atoms with Gasteiger partial charge in [-0.05, 0) is 17.9 Å². The minimum Gasteiger partial charge on any atom is -0.311 e. The van der Waals surface area contributed by atoms with Gasteiger partial charge in [0.1, 0.15) is 0 Å². The zero-order valence-corrected chi connectivity index (χ0v) is 13.4. The van der Waals surface area contributed by atoms with Gasteiger partial charge in [0.2, 0.25) is 5.91 Å². The minimum atomic E-state index is 0.189. The van der Waals surface area contributed by atoms with Crippen LogP contribution in [0.4, 0.5) is 5.69 Å². The molecule has 0 aliphatic carbocycles. The SMILES string of the molecule is O=C1CCCN1c1c(-c2ccccc2Cl)ccc2ccccc12. The van der Waals surface area contributed by atoms with Gasteiger partial charge in [0.25, 0.3) is 0 Å². The molecule has 0 atom stereocenters. The van der Waals surface area contributed by atoms with Crippen molar-refractivity contribution in [2.45, 2.75) is 12.8 Å². The first-order valence-electron chi connectivity index (χ1n) is 7.83. The molecule has 1 heterocycles. The second-order valence-corrected chi connectivity index (χ2v) is 6.22. The number of benzene rings is 3. The molecule has 23 heavy (non-hydrogen) atoms. The zero-order chi connectivity index (χ0) is 15.8. The van der Waals surface area contributed by atoms with Crippen LogP contribution in [0.1, 0.15) is 12.8 Å². The van der Waals surface area contributed by atoms with E-state index in [2.05, 4.69) is 24.3 Å². The summed E-state index contributed by atoms with van der Waals surface area (Å²) in [5.74, 6) is 0.189. The molecule has 1 fully saturated rings. The highest BCUT2D eigenvalue weighted by atomic mass is 35.5. The molecule has 1 aliphatic rings. The van der Waals surface area contributed by atoms with Crippen LogP contribution < -0.4 is 4.90 Å². The summed E-state index contributed by atoms with van der Waals surface area (Å²) in [6, 6.07) is 20.2. The number of carbonyl (C=O) groups is 1. The molecule has 114 valence electrons. The predicted octanol–water partition coefficient (Wildman–Crippen LogP) is 5.29. The summed E-state index contributed by atoms with van der Waals surface area (Å²) in [7, 11) is 0. The molecule has 2 nitrogen and oxygen atoms in total. The van der Waals surface area contributed by atoms with E-state index in [9.17, 15) is 4.79 Å². The van der Waals surface area contributed by atoms with E-state index in [4.69, 9.17) is 11.6 Å². The largest absolute Gasteiger partial charge is 0.311 e. The fourth-order valence-electron chi connectivity index (χ4n) is 3.33. The number of nitrogens with zero attached hydrogens (tertiary/aromatic N) is 1.